The number of hydrogen-bond acceptors (Lipinski definition) is 4. The molecule has 1 heterocycles. The van der Waals surface area contributed by atoms with E-state index < -0.39 is 0 Å². The molecule has 0 atom stereocenters. The number of aromatic nitrogens is 1. The molecule has 0 aliphatic heterocycles. The summed E-state index contributed by atoms with van der Waals surface area (Å²) in [5.41, 5.74) is 1.07. The number of benzene rings is 1. The lowest BCUT2D eigenvalue weighted by Gasteiger charge is -2.05. The number of nitrogens with one attached hydrogen (secondary N) is 1. The van der Waals surface area contributed by atoms with Crippen molar-refractivity contribution in [2.75, 3.05) is 20.3 Å². The van der Waals surface area contributed by atoms with Gasteiger partial charge in [0, 0.05) is 13.2 Å². The summed E-state index contributed by atoms with van der Waals surface area (Å²) in [6, 6.07) is 5.88. The fraction of sp³-hybridized carbons (Fsp3) is 0.417. The smallest absolute Gasteiger partial charge is 0.182 e. The number of nitrogens with zero attached hydrogens (tertiary/aromatic N) is 1. The molecule has 92 valence electrons. The third-order valence-electron chi connectivity index (χ3n) is 2.57. The van der Waals surface area contributed by atoms with E-state index in [2.05, 4.69) is 0 Å². The van der Waals surface area contributed by atoms with Gasteiger partial charge in [-0.1, -0.05) is 11.3 Å². The summed E-state index contributed by atoms with van der Waals surface area (Å²) >= 11 is 1.46. The Labute approximate surface area is 104 Å². The molecule has 17 heavy (non-hydrogen) atoms. The molecule has 4 nitrogen and oxygen atoms in total. The van der Waals surface area contributed by atoms with Crippen LogP contribution in [0, 0.1) is 5.41 Å². The van der Waals surface area contributed by atoms with Crippen LogP contribution in [0.25, 0.3) is 10.2 Å². The number of ether oxygens (including phenoxy) is 2. The van der Waals surface area contributed by atoms with Crippen molar-refractivity contribution in [3.05, 3.63) is 23.0 Å². The number of hydrogen-bond donors (Lipinski definition) is 1. The molecule has 1 aromatic heterocycles. The lowest BCUT2D eigenvalue weighted by Crippen LogP contribution is -2.16. The first-order chi connectivity index (χ1) is 8.26. The quantitative estimate of drug-likeness (QED) is 0.829. The van der Waals surface area contributed by atoms with Gasteiger partial charge in [0.1, 0.15) is 5.75 Å². The van der Waals surface area contributed by atoms with Crippen molar-refractivity contribution in [3.8, 4) is 5.75 Å². The molecule has 0 radical (unpaired) electrons. The molecular formula is C12H16N2O2S. The molecule has 0 bridgehead atoms. The van der Waals surface area contributed by atoms with Crippen LogP contribution < -0.4 is 9.54 Å². The van der Waals surface area contributed by atoms with Crippen LogP contribution in [0.15, 0.2) is 18.2 Å². The Hall–Kier alpha value is -1.33. The average Bonchev–Trinajstić information content (AvgIpc) is 2.65. The molecule has 5 heteroatoms. The maximum absolute atomic E-state index is 7.95. The van der Waals surface area contributed by atoms with Gasteiger partial charge in [0.05, 0.1) is 23.9 Å². The van der Waals surface area contributed by atoms with E-state index in [4.69, 9.17) is 14.9 Å². The first kappa shape index (κ1) is 12.1. The van der Waals surface area contributed by atoms with Crippen molar-refractivity contribution in [3.63, 3.8) is 0 Å². The summed E-state index contributed by atoms with van der Waals surface area (Å²) in [5, 5.41) is 7.95. The Bertz CT molecular complexity index is 559. The van der Waals surface area contributed by atoms with Crippen molar-refractivity contribution in [2.24, 2.45) is 0 Å². The molecule has 2 rings (SSSR count). The standard InChI is InChI=1S/C12H16N2O2S/c1-3-16-7-6-14-10-5-4-9(15-2)8-11(10)17-12(14)13/h4-5,8,13H,3,6-7H2,1-2H3. The minimum absolute atomic E-state index is 0.549. The Balaban J connectivity index is 2.35. The van der Waals surface area contributed by atoms with E-state index >= 15 is 0 Å². The van der Waals surface area contributed by atoms with Crippen molar-refractivity contribution in [1.29, 1.82) is 5.41 Å². The fourth-order valence-electron chi connectivity index (χ4n) is 1.72. The zero-order valence-electron chi connectivity index (χ0n) is 10.0. The van der Waals surface area contributed by atoms with E-state index in [1.807, 2.05) is 29.7 Å². The first-order valence-corrected chi connectivity index (χ1v) is 6.37. The van der Waals surface area contributed by atoms with Crippen LogP contribution in [-0.2, 0) is 11.3 Å². The summed E-state index contributed by atoms with van der Waals surface area (Å²) < 4.78 is 13.6. The normalized spacial score (nSPS) is 10.9. The zero-order chi connectivity index (χ0) is 12.3. The molecule has 1 N–H and O–H groups in total. The molecule has 0 fully saturated rings. The van der Waals surface area contributed by atoms with Gasteiger partial charge >= 0.3 is 0 Å². The highest BCUT2D eigenvalue weighted by atomic mass is 32.1. The van der Waals surface area contributed by atoms with Crippen LogP contribution in [-0.4, -0.2) is 24.9 Å². The summed E-state index contributed by atoms with van der Waals surface area (Å²) in [6.07, 6.45) is 0. The van der Waals surface area contributed by atoms with Crippen LogP contribution in [0.1, 0.15) is 6.92 Å². The lowest BCUT2D eigenvalue weighted by atomic mass is 10.3. The fourth-order valence-corrected chi connectivity index (χ4v) is 2.68. The molecule has 0 aliphatic rings. The minimum atomic E-state index is 0.549. The molecule has 0 saturated carbocycles. The Morgan fingerprint density at radius 1 is 1.41 bits per heavy atom. The summed E-state index contributed by atoms with van der Waals surface area (Å²) in [7, 11) is 1.65. The highest BCUT2D eigenvalue weighted by Gasteiger charge is 2.06. The molecule has 0 spiro atoms. The molecule has 0 saturated heterocycles. The molecule has 0 aliphatic carbocycles. The van der Waals surface area contributed by atoms with Crippen molar-refractivity contribution >= 4 is 21.6 Å². The highest BCUT2D eigenvalue weighted by Crippen LogP contribution is 2.22. The van der Waals surface area contributed by atoms with Gasteiger partial charge in [0.2, 0.25) is 0 Å². The second-order valence-corrected chi connectivity index (χ2v) is 4.62. The van der Waals surface area contributed by atoms with Crippen LogP contribution in [0.4, 0.5) is 0 Å². The number of methoxy groups -OCH3 is 1. The predicted octanol–water partition coefficient (Wildman–Crippen LogP) is 2.23. The first-order valence-electron chi connectivity index (χ1n) is 5.56. The number of rotatable bonds is 5. The molecule has 0 unspecified atom stereocenters. The van der Waals surface area contributed by atoms with Crippen LogP contribution in [0.5, 0.6) is 5.75 Å². The number of thiazole rings is 1. The monoisotopic (exact) mass is 252 g/mol. The Kier molecular flexibility index (Phi) is 3.81. The van der Waals surface area contributed by atoms with Crippen LogP contribution >= 0.6 is 11.3 Å². The van der Waals surface area contributed by atoms with Gasteiger partial charge in [0.15, 0.2) is 4.80 Å². The van der Waals surface area contributed by atoms with Gasteiger partial charge < -0.3 is 14.0 Å². The van der Waals surface area contributed by atoms with Crippen molar-refractivity contribution in [2.45, 2.75) is 13.5 Å². The third kappa shape index (κ3) is 2.50. The molecule has 1 aromatic carbocycles. The van der Waals surface area contributed by atoms with Gasteiger partial charge in [-0.15, -0.1) is 0 Å². The van der Waals surface area contributed by atoms with Crippen LogP contribution in [0.2, 0.25) is 0 Å². The lowest BCUT2D eigenvalue weighted by molar-refractivity contribution is 0.139. The zero-order valence-corrected chi connectivity index (χ0v) is 10.8. The van der Waals surface area contributed by atoms with Crippen molar-refractivity contribution in [1.82, 2.24) is 4.57 Å². The van der Waals surface area contributed by atoms with Gasteiger partial charge in [-0.05, 0) is 25.1 Å². The molecule has 0 amide bonds. The van der Waals surface area contributed by atoms with E-state index in [0.29, 0.717) is 18.0 Å². The van der Waals surface area contributed by atoms with Crippen LogP contribution in [0.3, 0.4) is 0 Å². The molecule has 2 aromatic rings. The predicted molar refractivity (Wildman–Crippen MR) is 68.7 cm³/mol. The maximum atomic E-state index is 7.95. The van der Waals surface area contributed by atoms with Gasteiger partial charge in [0.25, 0.3) is 0 Å². The van der Waals surface area contributed by atoms with E-state index in [0.717, 1.165) is 22.5 Å². The summed E-state index contributed by atoms with van der Waals surface area (Å²) in [5.74, 6) is 0.829. The summed E-state index contributed by atoms with van der Waals surface area (Å²) in [4.78, 5) is 0.549. The SMILES string of the molecule is CCOCCn1c(=N)sc2cc(OC)ccc21. The Morgan fingerprint density at radius 3 is 2.94 bits per heavy atom. The van der Waals surface area contributed by atoms with E-state index in [9.17, 15) is 0 Å². The number of fused-ring (bicyclic) bond motifs is 1. The maximum Gasteiger partial charge on any atom is 0.182 e. The molecular weight excluding hydrogens is 236 g/mol. The largest absolute Gasteiger partial charge is 0.497 e. The Morgan fingerprint density at radius 2 is 2.24 bits per heavy atom. The van der Waals surface area contributed by atoms with E-state index in [1.54, 1.807) is 7.11 Å². The van der Waals surface area contributed by atoms with Crippen molar-refractivity contribution < 1.29 is 9.47 Å². The van der Waals surface area contributed by atoms with Gasteiger partial charge in [-0.2, -0.15) is 0 Å². The van der Waals surface area contributed by atoms with E-state index in [1.165, 1.54) is 11.3 Å². The summed E-state index contributed by atoms with van der Waals surface area (Å²) in [6.45, 7) is 4.05. The van der Waals surface area contributed by atoms with Gasteiger partial charge in [-0.3, -0.25) is 5.41 Å². The topological polar surface area (TPSA) is 47.2 Å². The highest BCUT2D eigenvalue weighted by molar-refractivity contribution is 7.16. The van der Waals surface area contributed by atoms with Gasteiger partial charge in [-0.25, -0.2) is 0 Å². The van der Waals surface area contributed by atoms with E-state index in [-0.39, 0.29) is 0 Å². The second-order valence-electron chi connectivity index (χ2n) is 3.59. The third-order valence-corrected chi connectivity index (χ3v) is 3.53. The average molecular weight is 252 g/mol. The second kappa shape index (κ2) is 5.33. The minimum Gasteiger partial charge on any atom is -0.497 e.